The van der Waals surface area contributed by atoms with Gasteiger partial charge in [0.1, 0.15) is 5.82 Å². The zero-order valence-corrected chi connectivity index (χ0v) is 18.9. The predicted octanol–water partition coefficient (Wildman–Crippen LogP) is 5.23. The molecule has 0 aliphatic carbocycles. The van der Waals surface area contributed by atoms with Crippen LogP contribution in [-0.2, 0) is 11.2 Å². The number of halogens is 1. The third kappa shape index (κ3) is 5.15. The van der Waals surface area contributed by atoms with E-state index >= 15 is 0 Å². The number of aromatic nitrogens is 2. The first-order valence-corrected chi connectivity index (χ1v) is 11.2. The van der Waals surface area contributed by atoms with Gasteiger partial charge >= 0.3 is 6.03 Å². The number of anilines is 1. The minimum atomic E-state index is -0.268. The molecular weight excluding hydrogens is 427 g/mol. The maximum atomic E-state index is 13.2. The number of urea groups is 1. The minimum Gasteiger partial charge on any atom is -0.383 e. The number of rotatable bonds is 8. The maximum absolute atomic E-state index is 13.2. The molecule has 6 nitrogen and oxygen atoms in total. The van der Waals surface area contributed by atoms with E-state index < -0.39 is 0 Å². The standard InChI is InChI=1S/C24H25FN4O2S/c1-17-4-3-5-20(14-17)26-23(30)28(12-13-31-2)11-10-21-16-32-24-27-22(15-29(21)24)18-6-8-19(25)9-7-18/h3-9,14-16H,10-13H2,1-2H3,(H,26,30). The highest BCUT2D eigenvalue weighted by Crippen LogP contribution is 2.24. The Morgan fingerprint density at radius 3 is 2.78 bits per heavy atom. The molecule has 4 aromatic rings. The van der Waals surface area contributed by atoms with Crippen LogP contribution in [0.15, 0.2) is 60.1 Å². The van der Waals surface area contributed by atoms with Crippen molar-refractivity contribution >= 4 is 28.0 Å². The van der Waals surface area contributed by atoms with E-state index in [2.05, 4.69) is 15.7 Å². The Kier molecular flexibility index (Phi) is 6.82. The summed E-state index contributed by atoms with van der Waals surface area (Å²) in [7, 11) is 1.63. The molecule has 2 aromatic heterocycles. The van der Waals surface area contributed by atoms with Crippen LogP contribution in [0.3, 0.4) is 0 Å². The summed E-state index contributed by atoms with van der Waals surface area (Å²) in [6, 6.07) is 13.9. The molecule has 2 aromatic carbocycles. The Hall–Kier alpha value is -3.23. The molecular formula is C24H25FN4O2S. The number of ether oxygens (including phenoxy) is 1. The highest BCUT2D eigenvalue weighted by molar-refractivity contribution is 7.15. The average Bonchev–Trinajstić information content (AvgIpc) is 3.36. The van der Waals surface area contributed by atoms with Gasteiger partial charge in [-0.1, -0.05) is 12.1 Å². The van der Waals surface area contributed by atoms with Gasteiger partial charge < -0.3 is 15.0 Å². The molecule has 8 heteroatoms. The number of carbonyl (C=O) groups excluding carboxylic acids is 1. The number of methoxy groups -OCH3 is 1. The van der Waals surface area contributed by atoms with Crippen molar-refractivity contribution < 1.29 is 13.9 Å². The molecule has 1 N–H and O–H groups in total. The molecule has 32 heavy (non-hydrogen) atoms. The Balaban J connectivity index is 1.47. The van der Waals surface area contributed by atoms with Crippen LogP contribution >= 0.6 is 11.3 Å². The van der Waals surface area contributed by atoms with Gasteiger partial charge in [0.05, 0.1) is 12.3 Å². The van der Waals surface area contributed by atoms with Gasteiger partial charge in [0.15, 0.2) is 4.96 Å². The van der Waals surface area contributed by atoms with Crippen molar-refractivity contribution in [2.45, 2.75) is 13.3 Å². The van der Waals surface area contributed by atoms with E-state index in [1.54, 1.807) is 35.5 Å². The molecule has 0 aliphatic heterocycles. The number of aryl methyl sites for hydroxylation is 1. The fraction of sp³-hybridized carbons (Fsp3) is 0.250. The van der Waals surface area contributed by atoms with Gasteiger partial charge in [-0.05, 0) is 48.9 Å². The van der Waals surface area contributed by atoms with Crippen LogP contribution in [0.25, 0.3) is 16.2 Å². The molecule has 0 aliphatic rings. The van der Waals surface area contributed by atoms with E-state index in [0.29, 0.717) is 26.1 Å². The van der Waals surface area contributed by atoms with Crippen LogP contribution in [0.1, 0.15) is 11.3 Å². The SMILES string of the molecule is COCCN(CCc1csc2nc(-c3ccc(F)cc3)cn12)C(=O)Nc1cccc(C)c1. The van der Waals surface area contributed by atoms with Crippen LogP contribution in [0, 0.1) is 12.7 Å². The minimum absolute atomic E-state index is 0.156. The molecule has 0 spiro atoms. The van der Waals surface area contributed by atoms with Crippen molar-refractivity contribution in [1.29, 1.82) is 0 Å². The predicted molar refractivity (Wildman–Crippen MR) is 126 cm³/mol. The molecule has 0 fully saturated rings. The molecule has 2 heterocycles. The first kappa shape index (κ1) is 22.0. The number of imidazole rings is 1. The number of nitrogens with one attached hydrogen (secondary N) is 1. The quantitative estimate of drug-likeness (QED) is 0.398. The lowest BCUT2D eigenvalue weighted by Gasteiger charge is -2.23. The zero-order valence-electron chi connectivity index (χ0n) is 18.0. The van der Waals surface area contributed by atoms with Crippen LogP contribution in [0.4, 0.5) is 14.9 Å². The molecule has 0 atom stereocenters. The first-order chi connectivity index (χ1) is 15.5. The summed E-state index contributed by atoms with van der Waals surface area (Å²) < 4.78 is 20.5. The van der Waals surface area contributed by atoms with Gasteiger partial charge in [0.2, 0.25) is 0 Å². The Bertz CT molecular complexity index is 1200. The fourth-order valence-electron chi connectivity index (χ4n) is 3.46. The van der Waals surface area contributed by atoms with Crippen LogP contribution in [0.2, 0.25) is 0 Å². The lowest BCUT2D eigenvalue weighted by Crippen LogP contribution is -2.38. The molecule has 0 saturated heterocycles. The molecule has 0 bridgehead atoms. The Morgan fingerprint density at radius 1 is 1.22 bits per heavy atom. The summed E-state index contributed by atoms with van der Waals surface area (Å²) in [6.45, 7) is 3.48. The van der Waals surface area contributed by atoms with E-state index in [9.17, 15) is 9.18 Å². The molecule has 2 amide bonds. The number of hydrogen-bond acceptors (Lipinski definition) is 4. The third-order valence-corrected chi connectivity index (χ3v) is 6.07. The average molecular weight is 453 g/mol. The van der Waals surface area contributed by atoms with Crippen molar-refractivity contribution in [2.24, 2.45) is 0 Å². The van der Waals surface area contributed by atoms with Crippen LogP contribution in [0.5, 0.6) is 0 Å². The number of nitrogens with zero attached hydrogens (tertiary/aromatic N) is 3. The Labute approximate surface area is 190 Å². The number of benzene rings is 2. The zero-order chi connectivity index (χ0) is 22.5. The number of amides is 2. The van der Waals surface area contributed by atoms with Gasteiger partial charge in [-0.2, -0.15) is 0 Å². The third-order valence-electron chi connectivity index (χ3n) is 5.18. The summed E-state index contributed by atoms with van der Waals surface area (Å²) in [4.78, 5) is 20.2. The molecule has 0 radical (unpaired) electrons. The second kappa shape index (κ2) is 9.93. The number of fused-ring (bicyclic) bond motifs is 1. The maximum Gasteiger partial charge on any atom is 0.321 e. The molecule has 0 saturated carbocycles. The summed E-state index contributed by atoms with van der Waals surface area (Å²) in [5.74, 6) is -0.268. The molecule has 0 unspecified atom stereocenters. The normalized spacial score (nSPS) is 11.1. The smallest absolute Gasteiger partial charge is 0.321 e. The largest absolute Gasteiger partial charge is 0.383 e. The summed E-state index contributed by atoms with van der Waals surface area (Å²) in [5, 5.41) is 5.03. The second-order valence-electron chi connectivity index (χ2n) is 7.54. The fourth-order valence-corrected chi connectivity index (χ4v) is 4.37. The number of hydrogen-bond donors (Lipinski definition) is 1. The van der Waals surface area contributed by atoms with Crippen molar-refractivity contribution in [3.05, 3.63) is 77.2 Å². The monoisotopic (exact) mass is 452 g/mol. The highest BCUT2D eigenvalue weighted by Gasteiger charge is 2.16. The van der Waals surface area contributed by atoms with E-state index in [1.807, 2.05) is 41.8 Å². The van der Waals surface area contributed by atoms with Crippen LogP contribution < -0.4 is 5.32 Å². The van der Waals surface area contributed by atoms with E-state index in [0.717, 1.165) is 33.2 Å². The highest BCUT2D eigenvalue weighted by atomic mass is 32.1. The summed E-state index contributed by atoms with van der Waals surface area (Å²) >= 11 is 1.55. The van der Waals surface area contributed by atoms with E-state index in [4.69, 9.17) is 4.74 Å². The topological polar surface area (TPSA) is 58.9 Å². The van der Waals surface area contributed by atoms with Gasteiger partial charge in [-0.3, -0.25) is 4.40 Å². The van der Waals surface area contributed by atoms with Gasteiger partial charge in [0, 0.05) is 55.1 Å². The van der Waals surface area contributed by atoms with E-state index in [-0.39, 0.29) is 11.8 Å². The van der Waals surface area contributed by atoms with Crippen molar-refractivity contribution in [3.63, 3.8) is 0 Å². The summed E-state index contributed by atoms with van der Waals surface area (Å²) in [5.41, 5.74) is 4.59. The number of thiazole rings is 1. The molecule has 4 rings (SSSR count). The Morgan fingerprint density at radius 2 is 2.03 bits per heavy atom. The first-order valence-electron chi connectivity index (χ1n) is 10.4. The second-order valence-corrected chi connectivity index (χ2v) is 8.38. The van der Waals surface area contributed by atoms with Crippen molar-refractivity contribution in [2.75, 3.05) is 32.1 Å². The van der Waals surface area contributed by atoms with Crippen LogP contribution in [-0.4, -0.2) is 47.1 Å². The van der Waals surface area contributed by atoms with Gasteiger partial charge in [0.25, 0.3) is 0 Å². The van der Waals surface area contributed by atoms with Crippen molar-refractivity contribution in [3.8, 4) is 11.3 Å². The van der Waals surface area contributed by atoms with E-state index in [1.165, 1.54) is 12.1 Å². The van der Waals surface area contributed by atoms with Crippen molar-refractivity contribution in [1.82, 2.24) is 14.3 Å². The summed E-state index contributed by atoms with van der Waals surface area (Å²) in [6.07, 6.45) is 2.63. The lowest BCUT2D eigenvalue weighted by molar-refractivity contribution is 0.155. The van der Waals surface area contributed by atoms with Gasteiger partial charge in [-0.15, -0.1) is 11.3 Å². The van der Waals surface area contributed by atoms with Gasteiger partial charge in [-0.25, -0.2) is 14.2 Å². The lowest BCUT2D eigenvalue weighted by atomic mass is 10.2. The molecule has 166 valence electrons. The number of carbonyl (C=O) groups is 1.